The van der Waals surface area contributed by atoms with E-state index in [0.717, 1.165) is 17.1 Å². The van der Waals surface area contributed by atoms with Gasteiger partial charge in [0.25, 0.3) is 0 Å². The molecule has 3 aromatic rings. The fourth-order valence-electron chi connectivity index (χ4n) is 3.14. The van der Waals surface area contributed by atoms with Crippen molar-refractivity contribution in [1.29, 1.82) is 0 Å². The SMILES string of the molecule is O=[N+]([O-])c1c(Cl)ncnc1N1CCN(c2ccc(-c3ccccc3)nn2)CC1. The summed E-state index contributed by atoms with van der Waals surface area (Å²) < 4.78 is 0. The summed E-state index contributed by atoms with van der Waals surface area (Å²) in [5, 5.41) is 19.8. The van der Waals surface area contributed by atoms with Gasteiger partial charge in [0.1, 0.15) is 6.33 Å². The standard InChI is InChI=1S/C18H16ClN7O2/c19-17-16(26(27)28)18(21-12-20-17)25-10-8-24(9-11-25)15-7-6-14(22-23-15)13-4-2-1-3-5-13/h1-7,12H,8-11H2. The molecule has 0 aliphatic carbocycles. The Bertz CT molecular complexity index is 977. The molecule has 0 N–H and O–H groups in total. The second kappa shape index (κ2) is 7.73. The molecule has 10 heteroatoms. The lowest BCUT2D eigenvalue weighted by molar-refractivity contribution is -0.384. The molecule has 1 aliphatic heterocycles. The summed E-state index contributed by atoms with van der Waals surface area (Å²) in [6, 6.07) is 13.7. The first-order valence-corrected chi connectivity index (χ1v) is 9.05. The first-order chi connectivity index (χ1) is 13.6. The Morgan fingerprint density at radius 3 is 2.29 bits per heavy atom. The predicted octanol–water partition coefficient (Wildman–Crippen LogP) is 2.82. The molecule has 28 heavy (non-hydrogen) atoms. The lowest BCUT2D eigenvalue weighted by Crippen LogP contribution is -2.47. The third-order valence-corrected chi connectivity index (χ3v) is 4.84. The van der Waals surface area contributed by atoms with Crippen LogP contribution in [0.1, 0.15) is 0 Å². The fraction of sp³-hybridized carbons (Fsp3) is 0.222. The molecule has 142 valence electrons. The van der Waals surface area contributed by atoms with Gasteiger partial charge in [-0.25, -0.2) is 9.97 Å². The van der Waals surface area contributed by atoms with Crippen LogP contribution in [0.2, 0.25) is 5.15 Å². The molecule has 0 amide bonds. The first-order valence-electron chi connectivity index (χ1n) is 8.67. The lowest BCUT2D eigenvalue weighted by atomic mass is 10.1. The number of aromatic nitrogens is 4. The maximum absolute atomic E-state index is 11.3. The molecule has 0 unspecified atom stereocenters. The molecule has 0 saturated carbocycles. The zero-order valence-electron chi connectivity index (χ0n) is 14.8. The van der Waals surface area contributed by atoms with Crippen molar-refractivity contribution in [2.45, 2.75) is 0 Å². The molecule has 1 saturated heterocycles. The summed E-state index contributed by atoms with van der Waals surface area (Å²) in [7, 11) is 0. The number of nitro groups is 1. The van der Waals surface area contributed by atoms with Crippen molar-refractivity contribution in [1.82, 2.24) is 20.2 Å². The molecular weight excluding hydrogens is 382 g/mol. The van der Waals surface area contributed by atoms with Crippen LogP contribution in [0.4, 0.5) is 17.3 Å². The summed E-state index contributed by atoms with van der Waals surface area (Å²) >= 11 is 5.89. The number of anilines is 2. The van der Waals surface area contributed by atoms with Gasteiger partial charge < -0.3 is 9.80 Å². The Balaban J connectivity index is 1.46. The summed E-state index contributed by atoms with van der Waals surface area (Å²) in [6.45, 7) is 2.38. The minimum atomic E-state index is -0.544. The Labute approximate surface area is 165 Å². The highest BCUT2D eigenvalue weighted by Crippen LogP contribution is 2.32. The van der Waals surface area contributed by atoms with Gasteiger partial charge in [0.05, 0.1) is 10.6 Å². The third kappa shape index (κ3) is 3.56. The molecule has 1 aromatic carbocycles. The van der Waals surface area contributed by atoms with Crippen molar-refractivity contribution < 1.29 is 4.92 Å². The fourth-order valence-corrected chi connectivity index (χ4v) is 3.34. The van der Waals surface area contributed by atoms with E-state index in [4.69, 9.17) is 11.6 Å². The number of benzene rings is 1. The average Bonchev–Trinajstić information content (AvgIpc) is 2.74. The highest BCUT2D eigenvalue weighted by atomic mass is 35.5. The number of nitrogens with zero attached hydrogens (tertiary/aromatic N) is 7. The summed E-state index contributed by atoms with van der Waals surface area (Å²) in [4.78, 5) is 22.5. The molecule has 1 aliphatic rings. The Hall–Kier alpha value is -3.33. The van der Waals surface area contributed by atoms with Crippen LogP contribution in [-0.4, -0.2) is 51.3 Å². The molecule has 1 fully saturated rings. The molecule has 0 bridgehead atoms. The van der Waals surface area contributed by atoms with Gasteiger partial charge in [0.2, 0.25) is 11.0 Å². The topological polar surface area (TPSA) is 101 Å². The van der Waals surface area contributed by atoms with E-state index in [0.29, 0.717) is 26.2 Å². The van der Waals surface area contributed by atoms with E-state index in [1.165, 1.54) is 6.33 Å². The van der Waals surface area contributed by atoms with Crippen LogP contribution in [-0.2, 0) is 0 Å². The van der Waals surface area contributed by atoms with E-state index in [-0.39, 0.29) is 16.7 Å². The van der Waals surface area contributed by atoms with Gasteiger partial charge in [-0.05, 0) is 12.1 Å². The largest absolute Gasteiger partial charge is 0.352 e. The lowest BCUT2D eigenvalue weighted by Gasteiger charge is -2.35. The van der Waals surface area contributed by atoms with Gasteiger partial charge >= 0.3 is 5.69 Å². The molecule has 4 rings (SSSR count). The average molecular weight is 398 g/mol. The zero-order valence-corrected chi connectivity index (χ0v) is 15.5. The van der Waals surface area contributed by atoms with Gasteiger partial charge in [-0.1, -0.05) is 41.9 Å². The Kier molecular flexibility index (Phi) is 4.98. The maximum Gasteiger partial charge on any atom is 0.348 e. The quantitative estimate of drug-likeness (QED) is 0.376. The maximum atomic E-state index is 11.3. The summed E-state index contributed by atoms with van der Waals surface area (Å²) in [5.74, 6) is 1.02. The molecule has 9 nitrogen and oxygen atoms in total. The van der Waals surface area contributed by atoms with Gasteiger partial charge in [-0.15, -0.1) is 10.2 Å². The van der Waals surface area contributed by atoms with E-state index >= 15 is 0 Å². The molecule has 0 spiro atoms. The highest BCUT2D eigenvalue weighted by Gasteiger charge is 2.28. The second-order valence-electron chi connectivity index (χ2n) is 6.21. The number of rotatable bonds is 4. The second-order valence-corrected chi connectivity index (χ2v) is 6.57. The third-order valence-electron chi connectivity index (χ3n) is 4.56. The van der Waals surface area contributed by atoms with Crippen LogP contribution in [0.3, 0.4) is 0 Å². The zero-order chi connectivity index (χ0) is 19.5. The van der Waals surface area contributed by atoms with E-state index < -0.39 is 4.92 Å². The van der Waals surface area contributed by atoms with Crippen LogP contribution in [0.5, 0.6) is 0 Å². The number of piperazine rings is 1. The van der Waals surface area contributed by atoms with E-state index in [1.54, 1.807) is 0 Å². The molecular formula is C18H16ClN7O2. The molecule has 3 heterocycles. The monoisotopic (exact) mass is 397 g/mol. The number of hydrogen-bond donors (Lipinski definition) is 0. The van der Waals surface area contributed by atoms with Crippen LogP contribution in [0.15, 0.2) is 48.8 Å². The van der Waals surface area contributed by atoms with E-state index in [9.17, 15) is 10.1 Å². The Morgan fingerprint density at radius 2 is 1.64 bits per heavy atom. The van der Waals surface area contributed by atoms with Gasteiger partial charge in [-0.3, -0.25) is 10.1 Å². The summed E-state index contributed by atoms with van der Waals surface area (Å²) in [6.07, 6.45) is 1.24. The van der Waals surface area contributed by atoms with Crippen molar-refractivity contribution in [2.24, 2.45) is 0 Å². The highest BCUT2D eigenvalue weighted by molar-refractivity contribution is 6.31. The molecule has 0 radical (unpaired) electrons. The van der Waals surface area contributed by atoms with Crippen molar-refractivity contribution >= 4 is 28.9 Å². The van der Waals surface area contributed by atoms with Gasteiger partial charge in [-0.2, -0.15) is 0 Å². The normalized spacial score (nSPS) is 14.2. The number of hydrogen-bond acceptors (Lipinski definition) is 8. The molecule has 0 atom stereocenters. The van der Waals surface area contributed by atoms with Gasteiger partial charge in [0, 0.05) is 31.7 Å². The minimum Gasteiger partial charge on any atom is -0.352 e. The van der Waals surface area contributed by atoms with Crippen LogP contribution in [0.25, 0.3) is 11.3 Å². The van der Waals surface area contributed by atoms with Crippen molar-refractivity contribution in [3.8, 4) is 11.3 Å². The van der Waals surface area contributed by atoms with Crippen LogP contribution >= 0.6 is 11.6 Å². The minimum absolute atomic E-state index is 0.153. The molecule has 2 aromatic heterocycles. The van der Waals surface area contributed by atoms with Crippen molar-refractivity contribution in [2.75, 3.05) is 36.0 Å². The number of halogens is 1. The van der Waals surface area contributed by atoms with Crippen LogP contribution < -0.4 is 9.80 Å². The Morgan fingerprint density at radius 1 is 0.929 bits per heavy atom. The van der Waals surface area contributed by atoms with Crippen LogP contribution in [0, 0.1) is 10.1 Å². The van der Waals surface area contributed by atoms with Crippen molar-refractivity contribution in [3.63, 3.8) is 0 Å². The van der Waals surface area contributed by atoms with Crippen molar-refractivity contribution in [3.05, 3.63) is 64.1 Å². The van der Waals surface area contributed by atoms with E-state index in [2.05, 4.69) is 25.1 Å². The van der Waals surface area contributed by atoms with Gasteiger partial charge in [0.15, 0.2) is 5.82 Å². The predicted molar refractivity (Wildman–Crippen MR) is 106 cm³/mol. The smallest absolute Gasteiger partial charge is 0.348 e. The summed E-state index contributed by atoms with van der Waals surface area (Å²) in [5.41, 5.74) is 1.57. The van der Waals surface area contributed by atoms with E-state index in [1.807, 2.05) is 47.4 Å². The first kappa shape index (κ1) is 18.1.